The van der Waals surface area contributed by atoms with Gasteiger partial charge in [-0.05, 0) is 25.8 Å². The molecule has 1 N–H and O–H groups in total. The van der Waals surface area contributed by atoms with E-state index in [0.717, 1.165) is 25.1 Å². The summed E-state index contributed by atoms with van der Waals surface area (Å²) >= 11 is 0. The maximum atomic E-state index is 4.41. The molecule has 0 spiro atoms. The van der Waals surface area contributed by atoms with Crippen LogP contribution in [0, 0.1) is 0 Å². The van der Waals surface area contributed by atoms with Crippen LogP contribution in [0.5, 0.6) is 0 Å². The minimum absolute atomic E-state index is 0.475. The molecule has 15 heavy (non-hydrogen) atoms. The number of nitrogens with zero attached hydrogens (tertiary/aromatic N) is 2. The van der Waals surface area contributed by atoms with Gasteiger partial charge >= 0.3 is 0 Å². The average Bonchev–Trinajstić information content (AvgIpc) is 2.57. The van der Waals surface area contributed by atoms with Crippen molar-refractivity contribution in [2.24, 2.45) is 7.05 Å². The standard InChI is InChI=1S/C12H21N3/c1-5-7-10(3)13-9-12-8-11(6-2)14-15(12)4/h5,8,10,13H,1,6-7,9H2,2-4H3. The van der Waals surface area contributed by atoms with E-state index in [1.807, 2.05) is 17.8 Å². The molecule has 84 valence electrons. The topological polar surface area (TPSA) is 29.9 Å². The van der Waals surface area contributed by atoms with Gasteiger partial charge in [0.1, 0.15) is 0 Å². The molecular weight excluding hydrogens is 186 g/mol. The molecular formula is C12H21N3. The van der Waals surface area contributed by atoms with Crippen LogP contribution in [-0.4, -0.2) is 15.8 Å². The van der Waals surface area contributed by atoms with Crippen molar-refractivity contribution in [1.82, 2.24) is 15.1 Å². The van der Waals surface area contributed by atoms with Crippen molar-refractivity contribution in [3.63, 3.8) is 0 Å². The van der Waals surface area contributed by atoms with Crippen molar-refractivity contribution in [3.8, 4) is 0 Å². The lowest BCUT2D eigenvalue weighted by molar-refractivity contribution is 0.532. The Morgan fingerprint density at radius 1 is 1.67 bits per heavy atom. The summed E-state index contributed by atoms with van der Waals surface area (Å²) in [6, 6.07) is 2.63. The largest absolute Gasteiger partial charge is 0.308 e. The molecule has 0 aliphatic rings. The molecule has 1 heterocycles. The SMILES string of the molecule is C=CCC(C)NCc1cc(CC)nn1C. The lowest BCUT2D eigenvalue weighted by atomic mass is 10.2. The van der Waals surface area contributed by atoms with Crippen LogP contribution >= 0.6 is 0 Å². The molecule has 0 radical (unpaired) electrons. The number of rotatable bonds is 6. The van der Waals surface area contributed by atoms with Crippen LogP contribution in [0.2, 0.25) is 0 Å². The Balaban J connectivity index is 2.49. The molecule has 0 saturated heterocycles. The second-order valence-electron chi connectivity index (χ2n) is 3.91. The van der Waals surface area contributed by atoms with Crippen LogP contribution in [0.3, 0.4) is 0 Å². The van der Waals surface area contributed by atoms with E-state index in [2.05, 4.69) is 36.9 Å². The first-order chi connectivity index (χ1) is 7.17. The zero-order valence-corrected chi connectivity index (χ0v) is 9.95. The fourth-order valence-corrected chi connectivity index (χ4v) is 1.52. The number of aromatic nitrogens is 2. The van der Waals surface area contributed by atoms with Gasteiger partial charge in [0, 0.05) is 19.6 Å². The lowest BCUT2D eigenvalue weighted by Crippen LogP contribution is -2.25. The molecule has 1 atom stereocenters. The van der Waals surface area contributed by atoms with Gasteiger partial charge in [-0.1, -0.05) is 13.0 Å². The predicted molar refractivity (Wildman–Crippen MR) is 63.7 cm³/mol. The molecule has 1 aromatic rings. The van der Waals surface area contributed by atoms with E-state index in [4.69, 9.17) is 0 Å². The number of aryl methyl sites for hydroxylation is 2. The van der Waals surface area contributed by atoms with Crippen molar-refractivity contribution in [2.75, 3.05) is 0 Å². The van der Waals surface area contributed by atoms with E-state index in [1.165, 1.54) is 5.69 Å². The first-order valence-corrected chi connectivity index (χ1v) is 5.53. The van der Waals surface area contributed by atoms with Crippen LogP contribution in [0.25, 0.3) is 0 Å². The van der Waals surface area contributed by atoms with E-state index in [9.17, 15) is 0 Å². The predicted octanol–water partition coefficient (Wildman–Crippen LogP) is 2.04. The summed E-state index contributed by atoms with van der Waals surface area (Å²) in [6.45, 7) is 8.90. The summed E-state index contributed by atoms with van der Waals surface area (Å²) in [5, 5.41) is 7.86. The Bertz CT molecular complexity index is 315. The maximum Gasteiger partial charge on any atom is 0.0625 e. The molecule has 0 saturated carbocycles. The fourth-order valence-electron chi connectivity index (χ4n) is 1.52. The van der Waals surface area contributed by atoms with Gasteiger partial charge in [-0.15, -0.1) is 6.58 Å². The van der Waals surface area contributed by atoms with Gasteiger partial charge in [0.15, 0.2) is 0 Å². The van der Waals surface area contributed by atoms with Crippen molar-refractivity contribution in [1.29, 1.82) is 0 Å². The van der Waals surface area contributed by atoms with Crippen molar-refractivity contribution in [2.45, 2.75) is 39.3 Å². The molecule has 3 nitrogen and oxygen atoms in total. The Morgan fingerprint density at radius 3 is 2.93 bits per heavy atom. The Labute approximate surface area is 92.2 Å². The third kappa shape index (κ3) is 3.51. The summed E-state index contributed by atoms with van der Waals surface area (Å²) in [5.74, 6) is 0. The number of hydrogen-bond donors (Lipinski definition) is 1. The minimum atomic E-state index is 0.475. The lowest BCUT2D eigenvalue weighted by Gasteiger charge is -2.11. The highest BCUT2D eigenvalue weighted by atomic mass is 15.3. The molecule has 1 rings (SSSR count). The third-order valence-corrected chi connectivity index (χ3v) is 2.54. The quantitative estimate of drug-likeness (QED) is 0.723. The van der Waals surface area contributed by atoms with Gasteiger partial charge < -0.3 is 5.32 Å². The van der Waals surface area contributed by atoms with Gasteiger partial charge in [-0.2, -0.15) is 5.10 Å². The number of nitrogens with one attached hydrogen (secondary N) is 1. The average molecular weight is 207 g/mol. The van der Waals surface area contributed by atoms with E-state index in [0.29, 0.717) is 6.04 Å². The zero-order chi connectivity index (χ0) is 11.3. The van der Waals surface area contributed by atoms with E-state index < -0.39 is 0 Å². The number of hydrogen-bond acceptors (Lipinski definition) is 2. The molecule has 0 fully saturated rings. The monoisotopic (exact) mass is 207 g/mol. The summed E-state index contributed by atoms with van der Waals surface area (Å²) in [5.41, 5.74) is 2.40. The summed E-state index contributed by atoms with van der Waals surface area (Å²) in [7, 11) is 1.99. The third-order valence-electron chi connectivity index (χ3n) is 2.54. The van der Waals surface area contributed by atoms with Gasteiger partial charge in [0.2, 0.25) is 0 Å². The van der Waals surface area contributed by atoms with E-state index in [1.54, 1.807) is 0 Å². The second kappa shape index (κ2) is 5.71. The highest BCUT2D eigenvalue weighted by Gasteiger charge is 2.04. The van der Waals surface area contributed by atoms with Crippen LogP contribution in [0.15, 0.2) is 18.7 Å². The van der Waals surface area contributed by atoms with Crippen LogP contribution < -0.4 is 5.32 Å². The van der Waals surface area contributed by atoms with E-state index in [-0.39, 0.29) is 0 Å². The van der Waals surface area contributed by atoms with Gasteiger partial charge in [-0.3, -0.25) is 4.68 Å². The first kappa shape index (κ1) is 12.0. The summed E-state index contributed by atoms with van der Waals surface area (Å²) in [6.07, 6.45) is 3.94. The van der Waals surface area contributed by atoms with Gasteiger partial charge in [-0.25, -0.2) is 0 Å². The minimum Gasteiger partial charge on any atom is -0.308 e. The van der Waals surface area contributed by atoms with Crippen LogP contribution in [0.4, 0.5) is 0 Å². The Morgan fingerprint density at radius 2 is 2.40 bits per heavy atom. The van der Waals surface area contributed by atoms with E-state index >= 15 is 0 Å². The maximum absolute atomic E-state index is 4.41. The molecule has 0 aliphatic carbocycles. The fraction of sp³-hybridized carbons (Fsp3) is 0.583. The van der Waals surface area contributed by atoms with Crippen molar-refractivity contribution < 1.29 is 0 Å². The molecule has 1 aromatic heterocycles. The molecule has 0 amide bonds. The second-order valence-corrected chi connectivity index (χ2v) is 3.91. The summed E-state index contributed by atoms with van der Waals surface area (Å²) in [4.78, 5) is 0. The van der Waals surface area contributed by atoms with Crippen LogP contribution in [-0.2, 0) is 20.0 Å². The highest BCUT2D eigenvalue weighted by Crippen LogP contribution is 2.04. The summed E-state index contributed by atoms with van der Waals surface area (Å²) < 4.78 is 1.95. The molecule has 0 aromatic carbocycles. The Kier molecular flexibility index (Phi) is 4.56. The molecule has 0 aliphatic heterocycles. The first-order valence-electron chi connectivity index (χ1n) is 5.53. The highest BCUT2D eigenvalue weighted by molar-refractivity contribution is 5.10. The normalized spacial score (nSPS) is 12.7. The molecule has 0 bridgehead atoms. The van der Waals surface area contributed by atoms with Crippen molar-refractivity contribution >= 4 is 0 Å². The van der Waals surface area contributed by atoms with Gasteiger partial charge in [0.25, 0.3) is 0 Å². The molecule has 1 unspecified atom stereocenters. The Hall–Kier alpha value is -1.09. The smallest absolute Gasteiger partial charge is 0.0625 e. The molecule has 3 heteroatoms. The van der Waals surface area contributed by atoms with Gasteiger partial charge in [0.05, 0.1) is 11.4 Å². The van der Waals surface area contributed by atoms with Crippen molar-refractivity contribution in [3.05, 3.63) is 30.1 Å². The van der Waals surface area contributed by atoms with Crippen LogP contribution in [0.1, 0.15) is 31.7 Å². The zero-order valence-electron chi connectivity index (χ0n) is 9.95.